The number of hydrogen-bond acceptors (Lipinski definition) is 4. The van der Waals surface area contributed by atoms with Crippen molar-refractivity contribution in [2.24, 2.45) is 0 Å². The summed E-state index contributed by atoms with van der Waals surface area (Å²) in [4.78, 5) is 25.7. The van der Waals surface area contributed by atoms with Crippen molar-refractivity contribution in [1.29, 1.82) is 0 Å². The molecule has 6 rings (SSSR count). The van der Waals surface area contributed by atoms with Crippen LogP contribution in [0.3, 0.4) is 0 Å². The van der Waals surface area contributed by atoms with Crippen LogP contribution >= 0.6 is 0 Å². The number of imidazole rings is 1. The Bertz CT molecular complexity index is 1520. The molecule has 1 N–H and O–H groups in total. The molecule has 0 atom stereocenters. The number of carboxylic acids is 1. The van der Waals surface area contributed by atoms with Crippen LogP contribution in [-0.2, 0) is 0 Å². The van der Waals surface area contributed by atoms with Crippen LogP contribution in [-0.4, -0.2) is 30.6 Å². The first-order valence-corrected chi connectivity index (χ1v) is 11.8. The molecule has 1 aliphatic rings. The maximum Gasteiger partial charge on any atom is 0.335 e. The summed E-state index contributed by atoms with van der Waals surface area (Å²) in [7, 11) is 0. The number of hydrogen-bond donors (Lipinski definition) is 1. The van der Waals surface area contributed by atoms with Crippen LogP contribution in [0.15, 0.2) is 72.9 Å². The Morgan fingerprint density at radius 2 is 1.74 bits per heavy atom. The quantitative estimate of drug-likeness (QED) is 0.339. The van der Waals surface area contributed by atoms with Gasteiger partial charge in [-0.25, -0.2) is 14.8 Å². The van der Waals surface area contributed by atoms with Crippen molar-refractivity contribution >= 4 is 27.9 Å². The summed E-state index contributed by atoms with van der Waals surface area (Å²) in [5, 5.41) is 10.5. The van der Waals surface area contributed by atoms with E-state index < -0.39 is 5.97 Å². The lowest BCUT2D eigenvalue weighted by Gasteiger charge is -2.25. The molecule has 1 fully saturated rings. The van der Waals surface area contributed by atoms with E-state index in [0.29, 0.717) is 6.04 Å². The Morgan fingerprint density at radius 3 is 2.53 bits per heavy atom. The van der Waals surface area contributed by atoms with Gasteiger partial charge < -0.3 is 9.67 Å². The standard InChI is InChI=1S/C28H24N4O2/c33-28(34)20-11-14-26-25(17-20)31-27(32(26)21-6-2-1-3-7-21)19-10-12-22-18(16-19)9-13-24(30-22)23-8-4-5-15-29-23/h4-5,8-17,21H,1-3,6-7H2,(H,33,34). The maximum atomic E-state index is 11.5. The predicted molar refractivity (Wildman–Crippen MR) is 133 cm³/mol. The average Bonchev–Trinajstić information content (AvgIpc) is 3.28. The van der Waals surface area contributed by atoms with E-state index in [9.17, 15) is 9.90 Å². The molecule has 0 saturated heterocycles. The number of carbonyl (C=O) groups is 1. The minimum atomic E-state index is -0.934. The summed E-state index contributed by atoms with van der Waals surface area (Å²) >= 11 is 0. The van der Waals surface area contributed by atoms with Crippen molar-refractivity contribution in [2.75, 3.05) is 0 Å². The summed E-state index contributed by atoms with van der Waals surface area (Å²) in [5.74, 6) is -0.0451. The third-order valence-corrected chi connectivity index (χ3v) is 6.75. The van der Waals surface area contributed by atoms with Gasteiger partial charge in [-0.2, -0.15) is 0 Å². The number of nitrogens with zero attached hydrogens (tertiary/aromatic N) is 4. The van der Waals surface area contributed by atoms with Gasteiger partial charge in [-0.3, -0.25) is 4.98 Å². The lowest BCUT2D eigenvalue weighted by Crippen LogP contribution is -2.14. The Labute approximate surface area is 196 Å². The molecule has 168 valence electrons. The molecule has 5 aromatic rings. The van der Waals surface area contributed by atoms with E-state index in [0.717, 1.165) is 57.6 Å². The fourth-order valence-electron chi connectivity index (χ4n) is 5.07. The zero-order valence-corrected chi connectivity index (χ0v) is 18.7. The number of aromatic carboxylic acids is 1. The SMILES string of the molecule is O=C(O)c1ccc2c(c1)nc(-c1ccc3nc(-c4ccccn4)ccc3c1)n2C1CCCCC1. The van der Waals surface area contributed by atoms with Gasteiger partial charge in [0.25, 0.3) is 0 Å². The molecule has 3 aromatic heterocycles. The Kier molecular flexibility index (Phi) is 5.06. The van der Waals surface area contributed by atoms with Gasteiger partial charge in [0.1, 0.15) is 5.82 Å². The van der Waals surface area contributed by atoms with E-state index in [-0.39, 0.29) is 5.56 Å². The highest BCUT2D eigenvalue weighted by atomic mass is 16.4. The van der Waals surface area contributed by atoms with Gasteiger partial charge in [-0.1, -0.05) is 31.4 Å². The molecule has 6 heteroatoms. The summed E-state index contributed by atoms with van der Waals surface area (Å²) in [6, 6.07) is 21.8. The highest BCUT2D eigenvalue weighted by Crippen LogP contribution is 2.37. The smallest absolute Gasteiger partial charge is 0.335 e. The molecule has 0 spiro atoms. The van der Waals surface area contributed by atoms with E-state index in [2.05, 4.69) is 27.8 Å². The molecule has 0 unspecified atom stereocenters. The zero-order chi connectivity index (χ0) is 23.1. The topological polar surface area (TPSA) is 80.9 Å². The molecule has 0 bridgehead atoms. The number of fused-ring (bicyclic) bond motifs is 2. The second-order valence-corrected chi connectivity index (χ2v) is 8.92. The monoisotopic (exact) mass is 448 g/mol. The molecule has 0 amide bonds. The first-order valence-electron chi connectivity index (χ1n) is 11.8. The fourth-order valence-corrected chi connectivity index (χ4v) is 5.07. The number of aromatic nitrogens is 4. The average molecular weight is 449 g/mol. The van der Waals surface area contributed by atoms with E-state index in [4.69, 9.17) is 9.97 Å². The first kappa shape index (κ1) is 20.5. The predicted octanol–water partition coefficient (Wildman–Crippen LogP) is 6.52. The lowest BCUT2D eigenvalue weighted by molar-refractivity contribution is 0.0697. The van der Waals surface area contributed by atoms with Gasteiger partial charge in [0, 0.05) is 23.2 Å². The van der Waals surface area contributed by atoms with Crippen LogP contribution in [0.4, 0.5) is 0 Å². The van der Waals surface area contributed by atoms with Gasteiger partial charge in [0.2, 0.25) is 0 Å². The van der Waals surface area contributed by atoms with E-state index in [1.165, 1.54) is 19.3 Å². The molecule has 1 aliphatic carbocycles. The van der Waals surface area contributed by atoms with Gasteiger partial charge in [0.15, 0.2) is 0 Å². The molecule has 1 saturated carbocycles. The highest BCUT2D eigenvalue weighted by molar-refractivity contribution is 5.94. The Balaban J connectivity index is 1.48. The second kappa shape index (κ2) is 8.37. The summed E-state index contributed by atoms with van der Waals surface area (Å²) in [6.45, 7) is 0. The van der Waals surface area contributed by atoms with Crippen molar-refractivity contribution in [3.05, 3.63) is 78.5 Å². The molecule has 0 aliphatic heterocycles. The molecular weight excluding hydrogens is 424 g/mol. The minimum Gasteiger partial charge on any atom is -0.478 e. The third-order valence-electron chi connectivity index (χ3n) is 6.75. The normalized spacial score (nSPS) is 14.6. The van der Waals surface area contributed by atoms with Crippen LogP contribution < -0.4 is 0 Å². The van der Waals surface area contributed by atoms with Crippen LogP contribution in [0.1, 0.15) is 48.5 Å². The van der Waals surface area contributed by atoms with E-state index in [1.807, 2.05) is 36.4 Å². The second-order valence-electron chi connectivity index (χ2n) is 8.92. The summed E-state index contributed by atoms with van der Waals surface area (Å²) in [5.41, 5.74) is 5.59. The van der Waals surface area contributed by atoms with Gasteiger partial charge in [-0.15, -0.1) is 0 Å². The van der Waals surface area contributed by atoms with Crippen LogP contribution in [0.2, 0.25) is 0 Å². The minimum absolute atomic E-state index is 0.261. The number of benzene rings is 2. The van der Waals surface area contributed by atoms with Crippen LogP contribution in [0, 0.1) is 0 Å². The fraction of sp³-hybridized carbons (Fsp3) is 0.214. The van der Waals surface area contributed by atoms with Crippen molar-refractivity contribution in [1.82, 2.24) is 19.5 Å². The molecular formula is C28H24N4O2. The molecule has 2 aromatic carbocycles. The third kappa shape index (κ3) is 3.61. The Morgan fingerprint density at radius 1 is 0.853 bits per heavy atom. The summed E-state index contributed by atoms with van der Waals surface area (Å²) in [6.07, 6.45) is 7.67. The maximum absolute atomic E-state index is 11.5. The van der Waals surface area contributed by atoms with Crippen molar-refractivity contribution < 1.29 is 9.90 Å². The van der Waals surface area contributed by atoms with Crippen LogP contribution in [0.25, 0.3) is 44.7 Å². The number of pyridine rings is 2. The molecule has 0 radical (unpaired) electrons. The van der Waals surface area contributed by atoms with Crippen LogP contribution in [0.5, 0.6) is 0 Å². The molecule has 6 nitrogen and oxygen atoms in total. The summed E-state index contributed by atoms with van der Waals surface area (Å²) < 4.78 is 2.33. The number of carboxylic acid groups (broad SMARTS) is 1. The zero-order valence-electron chi connectivity index (χ0n) is 18.7. The molecule has 34 heavy (non-hydrogen) atoms. The van der Waals surface area contributed by atoms with Crippen molar-refractivity contribution in [3.8, 4) is 22.8 Å². The molecule has 3 heterocycles. The van der Waals surface area contributed by atoms with Gasteiger partial charge >= 0.3 is 5.97 Å². The number of rotatable bonds is 4. The Hall–Kier alpha value is -4.06. The van der Waals surface area contributed by atoms with Gasteiger partial charge in [-0.05, 0) is 67.4 Å². The first-order chi connectivity index (χ1) is 16.7. The lowest BCUT2D eigenvalue weighted by atomic mass is 9.94. The van der Waals surface area contributed by atoms with E-state index in [1.54, 1.807) is 18.3 Å². The largest absolute Gasteiger partial charge is 0.478 e. The van der Waals surface area contributed by atoms with E-state index >= 15 is 0 Å². The highest BCUT2D eigenvalue weighted by Gasteiger charge is 2.23. The van der Waals surface area contributed by atoms with Crippen molar-refractivity contribution in [3.63, 3.8) is 0 Å². The van der Waals surface area contributed by atoms with Gasteiger partial charge in [0.05, 0.1) is 33.5 Å². The van der Waals surface area contributed by atoms with Crippen molar-refractivity contribution in [2.45, 2.75) is 38.1 Å².